The van der Waals surface area contributed by atoms with Gasteiger partial charge >= 0.3 is 5.97 Å². The molecule has 2 aliphatic heterocycles. The summed E-state index contributed by atoms with van der Waals surface area (Å²) in [6, 6.07) is 0. The highest BCUT2D eigenvalue weighted by Crippen LogP contribution is 2.24. The van der Waals surface area contributed by atoms with Gasteiger partial charge in [0.15, 0.2) is 0 Å². The Labute approximate surface area is 172 Å². The van der Waals surface area contributed by atoms with Crippen LogP contribution in [0.1, 0.15) is 66.3 Å². The van der Waals surface area contributed by atoms with Gasteiger partial charge in [0, 0.05) is 38.3 Å². The van der Waals surface area contributed by atoms with Gasteiger partial charge in [-0.25, -0.2) is 4.79 Å². The Morgan fingerprint density at radius 1 is 1.07 bits per heavy atom. The summed E-state index contributed by atoms with van der Waals surface area (Å²) >= 11 is 0. The van der Waals surface area contributed by atoms with E-state index in [9.17, 15) is 14.4 Å². The molecule has 0 radical (unpaired) electrons. The number of amides is 2. The fraction of sp³-hybridized carbons (Fsp3) is 0.682. The Kier molecular flexibility index (Phi) is 6.98. The monoisotopic (exact) mass is 403 g/mol. The Hall–Kier alpha value is -2.31. The van der Waals surface area contributed by atoms with Gasteiger partial charge in [-0.1, -0.05) is 0 Å². The van der Waals surface area contributed by atoms with Gasteiger partial charge in [-0.05, 0) is 64.0 Å². The molecular formula is C22H33N3O4. The lowest BCUT2D eigenvalue weighted by Gasteiger charge is -2.34. The second-order valence-electron chi connectivity index (χ2n) is 8.16. The van der Waals surface area contributed by atoms with E-state index in [1.807, 2.05) is 23.6 Å². The van der Waals surface area contributed by atoms with Gasteiger partial charge in [0.2, 0.25) is 11.8 Å². The van der Waals surface area contributed by atoms with Gasteiger partial charge in [-0.2, -0.15) is 0 Å². The second-order valence-corrected chi connectivity index (χ2v) is 8.16. The third-order valence-electron chi connectivity index (χ3n) is 6.20. The first-order valence-electron chi connectivity index (χ1n) is 10.8. The van der Waals surface area contributed by atoms with Crippen molar-refractivity contribution in [2.24, 2.45) is 5.92 Å². The van der Waals surface area contributed by atoms with Crippen LogP contribution in [0.4, 0.5) is 0 Å². The molecule has 1 atom stereocenters. The van der Waals surface area contributed by atoms with Crippen molar-refractivity contribution >= 4 is 17.8 Å². The average molecular weight is 404 g/mol. The number of aromatic nitrogens is 1. The van der Waals surface area contributed by atoms with Crippen LogP contribution in [0.3, 0.4) is 0 Å². The molecule has 2 saturated heterocycles. The molecule has 2 amide bonds. The summed E-state index contributed by atoms with van der Waals surface area (Å²) in [7, 11) is 0. The Balaban J connectivity index is 1.58. The maximum Gasteiger partial charge on any atom is 0.355 e. The number of carbonyl (C=O) groups excluding carboxylic acids is 3. The molecule has 160 valence electrons. The maximum absolute atomic E-state index is 12.8. The molecular weight excluding hydrogens is 370 g/mol. The molecule has 0 bridgehead atoms. The molecule has 0 spiro atoms. The van der Waals surface area contributed by atoms with Crippen molar-refractivity contribution in [1.82, 2.24) is 14.8 Å². The van der Waals surface area contributed by atoms with E-state index in [1.54, 1.807) is 6.92 Å². The Bertz CT molecular complexity index is 764. The number of hydrogen-bond donors (Lipinski definition) is 1. The van der Waals surface area contributed by atoms with Gasteiger partial charge in [0.05, 0.1) is 12.5 Å². The molecule has 1 aromatic rings. The number of carbonyl (C=O) groups is 3. The van der Waals surface area contributed by atoms with Crippen LogP contribution in [0.15, 0.2) is 0 Å². The lowest BCUT2D eigenvalue weighted by Crippen LogP contribution is -2.46. The van der Waals surface area contributed by atoms with E-state index in [0.717, 1.165) is 62.1 Å². The topological polar surface area (TPSA) is 82.7 Å². The summed E-state index contributed by atoms with van der Waals surface area (Å²) in [6.07, 6.45) is 4.89. The summed E-state index contributed by atoms with van der Waals surface area (Å²) in [6.45, 7) is 8.90. The second kappa shape index (κ2) is 9.46. The fourth-order valence-electron chi connectivity index (χ4n) is 4.56. The van der Waals surface area contributed by atoms with Crippen molar-refractivity contribution in [2.75, 3.05) is 32.8 Å². The van der Waals surface area contributed by atoms with E-state index in [1.165, 1.54) is 0 Å². The highest BCUT2D eigenvalue weighted by molar-refractivity contribution is 5.90. The minimum atomic E-state index is -0.357. The van der Waals surface area contributed by atoms with Crippen LogP contribution in [-0.4, -0.2) is 65.4 Å². The molecule has 3 heterocycles. The van der Waals surface area contributed by atoms with Crippen molar-refractivity contribution in [1.29, 1.82) is 0 Å². The molecule has 7 nitrogen and oxygen atoms in total. The maximum atomic E-state index is 12.8. The lowest BCUT2D eigenvalue weighted by atomic mass is 9.96. The van der Waals surface area contributed by atoms with Gasteiger partial charge in [-0.15, -0.1) is 0 Å². The molecule has 2 aliphatic rings. The number of likely N-dealkylation sites (tertiary alicyclic amines) is 2. The summed E-state index contributed by atoms with van der Waals surface area (Å²) in [5.41, 5.74) is 3.23. The van der Waals surface area contributed by atoms with Crippen molar-refractivity contribution < 1.29 is 19.1 Å². The van der Waals surface area contributed by atoms with Crippen LogP contribution in [0.25, 0.3) is 0 Å². The molecule has 3 rings (SSSR count). The van der Waals surface area contributed by atoms with E-state index in [0.29, 0.717) is 31.7 Å². The largest absolute Gasteiger partial charge is 0.461 e. The first-order valence-corrected chi connectivity index (χ1v) is 10.8. The van der Waals surface area contributed by atoms with Crippen LogP contribution in [0, 0.1) is 19.8 Å². The number of aryl methyl sites for hydroxylation is 1. The van der Waals surface area contributed by atoms with Crippen molar-refractivity contribution in [2.45, 2.75) is 59.3 Å². The van der Waals surface area contributed by atoms with Crippen molar-refractivity contribution in [3.63, 3.8) is 0 Å². The zero-order valence-electron chi connectivity index (χ0n) is 17.9. The van der Waals surface area contributed by atoms with Crippen molar-refractivity contribution in [3.8, 4) is 0 Å². The van der Waals surface area contributed by atoms with Gasteiger partial charge in [0.1, 0.15) is 5.69 Å². The van der Waals surface area contributed by atoms with Crippen LogP contribution in [0.5, 0.6) is 0 Å². The van der Waals surface area contributed by atoms with Gasteiger partial charge in [0.25, 0.3) is 0 Å². The standard InChI is InChI=1S/C22H33N3O4/c1-4-29-22(28)20-15(2)18(16(3)23-20)9-10-19(26)25-13-7-8-17(14-25)21(27)24-11-5-6-12-24/h17,23H,4-14H2,1-3H3/t17-/m1/s1. The number of nitrogens with zero attached hydrogens (tertiary/aromatic N) is 2. The molecule has 7 heteroatoms. The minimum absolute atomic E-state index is 0.0584. The average Bonchev–Trinajstić information content (AvgIpc) is 3.35. The number of rotatable bonds is 6. The number of esters is 1. The first-order chi connectivity index (χ1) is 13.9. The summed E-state index contributed by atoms with van der Waals surface area (Å²) in [5, 5.41) is 0. The molecule has 0 unspecified atom stereocenters. The number of ether oxygens (including phenoxy) is 1. The molecule has 0 saturated carbocycles. The van der Waals surface area contributed by atoms with Crippen LogP contribution < -0.4 is 0 Å². The smallest absolute Gasteiger partial charge is 0.355 e. The highest BCUT2D eigenvalue weighted by atomic mass is 16.5. The van der Waals surface area contributed by atoms with E-state index in [-0.39, 0.29) is 23.7 Å². The zero-order chi connectivity index (χ0) is 21.0. The van der Waals surface area contributed by atoms with E-state index in [2.05, 4.69) is 4.98 Å². The van der Waals surface area contributed by atoms with Gasteiger partial charge in [-0.3, -0.25) is 9.59 Å². The predicted octanol–water partition coefficient (Wildman–Crippen LogP) is 2.60. The Morgan fingerprint density at radius 2 is 1.76 bits per heavy atom. The normalized spacial score (nSPS) is 19.5. The van der Waals surface area contributed by atoms with Crippen molar-refractivity contribution in [3.05, 3.63) is 22.5 Å². The predicted molar refractivity (Wildman–Crippen MR) is 110 cm³/mol. The number of piperidine rings is 1. The SMILES string of the molecule is CCOC(=O)c1[nH]c(C)c(CCC(=O)N2CCC[C@@H](C(=O)N3CCCC3)C2)c1C. The lowest BCUT2D eigenvalue weighted by molar-refractivity contribution is -0.140. The number of H-pyrrole nitrogens is 1. The molecule has 2 fully saturated rings. The minimum Gasteiger partial charge on any atom is -0.461 e. The van der Waals surface area contributed by atoms with Crippen LogP contribution >= 0.6 is 0 Å². The van der Waals surface area contributed by atoms with E-state index in [4.69, 9.17) is 4.74 Å². The quantitative estimate of drug-likeness (QED) is 0.740. The summed E-state index contributed by atoms with van der Waals surface area (Å²) < 4.78 is 5.09. The number of aromatic amines is 1. The number of hydrogen-bond acceptors (Lipinski definition) is 4. The van der Waals surface area contributed by atoms with Crippen LogP contribution in [0.2, 0.25) is 0 Å². The van der Waals surface area contributed by atoms with E-state index < -0.39 is 0 Å². The molecule has 1 aromatic heterocycles. The first kappa shape index (κ1) is 21.4. The van der Waals surface area contributed by atoms with Gasteiger partial charge < -0.3 is 19.5 Å². The van der Waals surface area contributed by atoms with E-state index >= 15 is 0 Å². The fourth-order valence-corrected chi connectivity index (χ4v) is 4.56. The zero-order valence-corrected chi connectivity index (χ0v) is 17.9. The summed E-state index contributed by atoms with van der Waals surface area (Å²) in [4.78, 5) is 44.5. The van der Waals surface area contributed by atoms with Crippen LogP contribution in [-0.2, 0) is 20.7 Å². The highest BCUT2D eigenvalue weighted by Gasteiger charge is 2.32. The Morgan fingerprint density at radius 3 is 2.45 bits per heavy atom. The molecule has 0 aromatic carbocycles. The molecule has 1 N–H and O–H groups in total. The third kappa shape index (κ3) is 4.82. The number of nitrogens with one attached hydrogen (secondary N) is 1. The molecule has 29 heavy (non-hydrogen) atoms. The summed E-state index contributed by atoms with van der Waals surface area (Å²) in [5.74, 6) is -0.111. The molecule has 0 aliphatic carbocycles. The third-order valence-corrected chi connectivity index (χ3v) is 6.20.